The summed E-state index contributed by atoms with van der Waals surface area (Å²) >= 11 is 15.2. The van der Waals surface area contributed by atoms with Crippen LogP contribution in [-0.4, -0.2) is 29.0 Å². The largest absolute Gasteiger partial charge is 0.534 e. The summed E-state index contributed by atoms with van der Waals surface area (Å²) in [5.41, 5.74) is 10.8. The van der Waals surface area contributed by atoms with Gasteiger partial charge in [-0.05, 0) is 76.4 Å². The fraction of sp³-hybridized carbons (Fsp3) is 0.148. The zero-order chi connectivity index (χ0) is 52.7. The van der Waals surface area contributed by atoms with Crippen LogP contribution in [0.5, 0.6) is 5.88 Å². The Morgan fingerprint density at radius 2 is 1.00 bits per heavy atom. The van der Waals surface area contributed by atoms with Gasteiger partial charge in [0, 0.05) is 34.5 Å². The van der Waals surface area contributed by atoms with Gasteiger partial charge in [0.15, 0.2) is 15.0 Å². The molecule has 13 heteroatoms. The molecular weight excluding hydrogens is 1010 g/mol. The number of para-hydroxylation sites is 2. The van der Waals surface area contributed by atoms with Crippen LogP contribution in [0.2, 0.25) is 0 Å². The van der Waals surface area contributed by atoms with Gasteiger partial charge < -0.3 is 8.66 Å². The Morgan fingerprint density at radius 1 is 0.595 bits per heavy atom. The van der Waals surface area contributed by atoms with E-state index < -0.39 is 31.6 Å². The van der Waals surface area contributed by atoms with E-state index in [9.17, 15) is 21.6 Å². The third-order valence-electron chi connectivity index (χ3n) is 12.1. The lowest BCUT2D eigenvalue weighted by atomic mass is 9.23. The molecule has 0 atom stereocenters. The van der Waals surface area contributed by atoms with Crippen molar-refractivity contribution >= 4 is 95.5 Å². The maximum absolute atomic E-state index is 12.6. The van der Waals surface area contributed by atoms with Crippen LogP contribution in [0.25, 0.3) is 55.6 Å². The fourth-order valence-corrected chi connectivity index (χ4v) is 10.1. The predicted molar refractivity (Wildman–Crippen MR) is 306 cm³/mol. The van der Waals surface area contributed by atoms with E-state index in [2.05, 4.69) is 185 Å². The minimum atomic E-state index is -5.80. The highest BCUT2D eigenvalue weighted by Crippen LogP contribution is 2.38. The molecule has 7 aromatic carbocycles. The minimum Gasteiger partial charge on any atom is -0.402 e. The number of pyridine rings is 2. The molecular formula is C61H55BCl3F3N2O3S. The lowest BCUT2D eigenvalue weighted by molar-refractivity contribution is -0.508. The van der Waals surface area contributed by atoms with Crippen molar-refractivity contribution in [1.29, 1.82) is 0 Å². The van der Waals surface area contributed by atoms with Crippen molar-refractivity contribution in [2.75, 3.05) is 0 Å². The van der Waals surface area contributed by atoms with Crippen LogP contribution in [0.3, 0.4) is 0 Å². The predicted octanol–water partition coefficient (Wildman–Crippen LogP) is 15.5. The van der Waals surface area contributed by atoms with Gasteiger partial charge >= 0.3 is 21.9 Å². The Morgan fingerprint density at radius 3 is 1.47 bits per heavy atom. The Bertz CT molecular complexity index is 3540. The number of benzene rings is 7. The normalized spacial score (nSPS) is 12.5. The molecule has 0 N–H and O–H groups in total. The van der Waals surface area contributed by atoms with Gasteiger partial charge in [0.1, 0.15) is 0 Å². The number of aryl methyl sites for hydroxylation is 4. The lowest BCUT2D eigenvalue weighted by Crippen LogP contribution is -2.78. The van der Waals surface area contributed by atoms with E-state index in [0.29, 0.717) is 16.5 Å². The molecule has 0 saturated carbocycles. The summed E-state index contributed by atoms with van der Waals surface area (Å²) in [6, 6.07) is 64.9. The molecule has 5 nitrogen and oxygen atoms in total. The topological polar surface area (TPSA) is 60.1 Å². The molecule has 378 valence electrons. The van der Waals surface area contributed by atoms with Crippen LogP contribution in [0.1, 0.15) is 54.8 Å². The van der Waals surface area contributed by atoms with Crippen molar-refractivity contribution in [3.05, 3.63) is 222 Å². The van der Waals surface area contributed by atoms with E-state index in [-0.39, 0.29) is 7.43 Å². The maximum Gasteiger partial charge on any atom is 0.534 e. The number of hydrogen-bond acceptors (Lipinski definition) is 4. The number of hydrogen-bond donors (Lipinski definition) is 0. The van der Waals surface area contributed by atoms with Gasteiger partial charge in [-0.1, -0.05) is 228 Å². The van der Waals surface area contributed by atoms with Crippen molar-refractivity contribution in [2.24, 2.45) is 0 Å². The van der Waals surface area contributed by atoms with E-state index in [4.69, 9.17) is 34.8 Å². The highest BCUT2D eigenvalue weighted by Gasteiger charge is 2.50. The monoisotopic (exact) mass is 1070 g/mol. The van der Waals surface area contributed by atoms with Crippen molar-refractivity contribution in [3.63, 3.8) is 0 Å². The summed E-state index contributed by atoms with van der Waals surface area (Å²) in [5.74, 6) is 1.62. The van der Waals surface area contributed by atoms with Crippen molar-refractivity contribution in [2.45, 2.75) is 58.3 Å². The summed E-state index contributed by atoms with van der Waals surface area (Å²) in [5, 5.41) is 1.95. The molecule has 0 saturated heterocycles. The average molecular weight is 1070 g/mol. The molecule has 9 aromatic rings. The minimum absolute atomic E-state index is 0. The molecule has 0 aliphatic carbocycles. The van der Waals surface area contributed by atoms with Crippen LogP contribution < -0.4 is 19.6 Å². The molecule has 0 spiro atoms. The van der Waals surface area contributed by atoms with Gasteiger partial charge in [-0.25, -0.2) is 4.98 Å². The molecule has 0 unspecified atom stereocenters. The first-order valence-corrected chi connectivity index (χ1v) is 25.7. The van der Waals surface area contributed by atoms with E-state index in [1.165, 1.54) is 73.8 Å². The molecule has 0 radical (unpaired) electrons. The SMILES string of the molecule is C.C#CC.CC(Cl)(Cl)Cl.Cc1cc(C)cc(-c2cc(OS(=O)(=O)C(F)(F)F)nc3ccccc23)c1.Cc1cc(C)cc(-c2cc3[n+](c4ccccc24)[B-](c2ccccc2)(c2ccccc2)C(c2ccccc2)=C3)c1. The molecule has 74 heavy (non-hydrogen) atoms. The second kappa shape index (κ2) is 23.6. The summed E-state index contributed by atoms with van der Waals surface area (Å²) in [7, 11) is -5.80. The highest BCUT2D eigenvalue weighted by molar-refractivity contribution is 7.88. The van der Waals surface area contributed by atoms with Gasteiger partial charge in [0.2, 0.25) is 5.88 Å². The second-order valence-corrected chi connectivity index (χ2v) is 22.2. The Balaban J connectivity index is 0.000000221. The molecule has 3 heterocycles. The third kappa shape index (κ3) is 12.7. The van der Waals surface area contributed by atoms with E-state index in [1.807, 2.05) is 32.0 Å². The number of rotatable bonds is 7. The summed E-state index contributed by atoms with van der Waals surface area (Å²) in [6.45, 7) is 11.3. The number of aromatic nitrogens is 2. The van der Waals surface area contributed by atoms with Crippen LogP contribution in [0, 0.1) is 40.0 Å². The van der Waals surface area contributed by atoms with Crippen molar-refractivity contribution in [3.8, 4) is 40.5 Å². The maximum atomic E-state index is 12.6. The smallest absolute Gasteiger partial charge is 0.402 e. The zero-order valence-electron chi connectivity index (χ0n) is 40.9. The number of fused-ring (bicyclic) bond motifs is 4. The van der Waals surface area contributed by atoms with Gasteiger partial charge in [-0.15, -0.1) is 28.7 Å². The zero-order valence-corrected chi connectivity index (χ0v) is 44.0. The molecule has 2 aromatic heterocycles. The number of nitrogens with zero attached hydrogens (tertiary/aromatic N) is 2. The lowest BCUT2D eigenvalue weighted by Gasteiger charge is -2.36. The summed E-state index contributed by atoms with van der Waals surface area (Å²) in [6.07, 6.45) is 5.53. The second-order valence-electron chi connectivity index (χ2n) is 17.8. The third-order valence-corrected chi connectivity index (χ3v) is 13.0. The molecule has 1 aliphatic heterocycles. The molecule has 0 fully saturated rings. The van der Waals surface area contributed by atoms with Crippen LogP contribution >= 0.6 is 34.8 Å². The highest BCUT2D eigenvalue weighted by atomic mass is 35.6. The van der Waals surface area contributed by atoms with E-state index >= 15 is 0 Å². The van der Waals surface area contributed by atoms with Gasteiger partial charge in [0.25, 0.3) is 0 Å². The van der Waals surface area contributed by atoms with Crippen LogP contribution in [-0.2, 0) is 10.1 Å². The van der Waals surface area contributed by atoms with Crippen LogP contribution in [0.4, 0.5) is 13.2 Å². The Kier molecular flexibility index (Phi) is 18.0. The van der Waals surface area contributed by atoms with Gasteiger partial charge in [0.05, 0.1) is 5.52 Å². The first-order valence-electron chi connectivity index (χ1n) is 23.2. The Hall–Kier alpha value is -6.87. The molecule has 0 bridgehead atoms. The first-order chi connectivity index (χ1) is 34.6. The van der Waals surface area contributed by atoms with E-state index in [1.54, 1.807) is 31.2 Å². The number of alkyl halides is 6. The Labute approximate surface area is 448 Å². The molecule has 1 aliphatic rings. The van der Waals surface area contributed by atoms with Crippen LogP contribution in [0.15, 0.2) is 188 Å². The standard InChI is InChI=1S/C37H30BN.C18H14F3NO3S.C3H4.C2H3Cl3.CH4/c1-27-22-28(2)24-30(23-27)35-25-33-26-36(29-14-6-3-7-15-29)38(31-16-8-4-9-17-31,32-18-10-5-11-19-32)39(33)37-21-13-12-20-34(35)37;1-11-7-12(2)9-13(8-11)15-10-17(25-26(23,24)18(19,20)21)22-16-6-4-3-5-14(15)16;1-3-2;1-2(3,4)5;/h3-26H,1-2H3;3-10H,1-2H3;1H,2H3;1H3;1H4. The summed E-state index contributed by atoms with van der Waals surface area (Å²) < 4.78 is 66.3. The van der Waals surface area contributed by atoms with Crippen molar-refractivity contribution in [1.82, 2.24) is 4.98 Å². The van der Waals surface area contributed by atoms with Crippen molar-refractivity contribution < 1.29 is 30.3 Å². The quantitative estimate of drug-likeness (QED) is 0.0525. The average Bonchev–Trinajstić information content (AvgIpc) is 3.70. The number of halogens is 6. The van der Waals surface area contributed by atoms with Gasteiger partial charge in [-0.3, -0.25) is 0 Å². The summed E-state index contributed by atoms with van der Waals surface area (Å²) in [4.78, 5) is 3.90. The first kappa shape index (κ1) is 56.4. The van der Waals surface area contributed by atoms with Gasteiger partial charge in [-0.2, -0.15) is 21.6 Å². The fourth-order valence-electron chi connectivity index (χ4n) is 9.67. The number of terminal acetylenes is 1. The molecule has 10 rings (SSSR count). The molecule has 0 amide bonds. The van der Waals surface area contributed by atoms with E-state index in [0.717, 1.165) is 16.7 Å².